The van der Waals surface area contributed by atoms with Crippen molar-refractivity contribution >= 4 is 17.3 Å². The largest absolute Gasteiger partial charge is 0.307 e. The summed E-state index contributed by atoms with van der Waals surface area (Å²) in [5, 5.41) is 21.8. The number of non-ortho nitro benzene ring substituents is 1. The first kappa shape index (κ1) is 13.4. The van der Waals surface area contributed by atoms with Gasteiger partial charge in [-0.25, -0.2) is 0 Å². The fourth-order valence-electron chi connectivity index (χ4n) is 1.55. The van der Waals surface area contributed by atoms with Crippen LogP contribution in [0.1, 0.15) is 11.3 Å². The Hall–Kier alpha value is -2.05. The number of hydrogen-bond donors (Lipinski definition) is 1. The monoisotopic (exact) mass is 278 g/mol. The van der Waals surface area contributed by atoms with Gasteiger partial charge in [0.2, 0.25) is 0 Å². The molecule has 0 saturated heterocycles. The Morgan fingerprint density at radius 2 is 2.16 bits per heavy atom. The zero-order valence-corrected chi connectivity index (χ0v) is 10.7. The van der Waals surface area contributed by atoms with Crippen LogP contribution in [0.5, 0.6) is 0 Å². The minimum Gasteiger partial charge on any atom is -0.307 e. The molecule has 1 N–H and O–H groups in total. The summed E-state index contributed by atoms with van der Waals surface area (Å²) in [6.07, 6.45) is 1.61. The van der Waals surface area contributed by atoms with Gasteiger partial charge in [-0.05, 0) is 23.8 Å². The summed E-state index contributed by atoms with van der Waals surface area (Å²) < 4.78 is 0. The second-order valence-electron chi connectivity index (χ2n) is 3.85. The number of hydrogen-bond acceptors (Lipinski definition) is 5. The number of halogens is 1. The number of nitro benzene ring substituents is 1. The number of nitro groups is 1. The second-order valence-corrected chi connectivity index (χ2v) is 4.26. The van der Waals surface area contributed by atoms with Crippen molar-refractivity contribution in [2.24, 2.45) is 0 Å². The van der Waals surface area contributed by atoms with Crippen molar-refractivity contribution < 1.29 is 4.92 Å². The van der Waals surface area contributed by atoms with E-state index in [9.17, 15) is 10.1 Å². The zero-order chi connectivity index (χ0) is 13.7. The molecule has 1 aromatic carbocycles. The van der Waals surface area contributed by atoms with Crippen LogP contribution in [0.2, 0.25) is 5.02 Å². The molecule has 0 bridgehead atoms. The molecule has 0 unspecified atom stereocenters. The summed E-state index contributed by atoms with van der Waals surface area (Å²) in [5.41, 5.74) is 1.61. The van der Waals surface area contributed by atoms with Crippen LogP contribution in [0.3, 0.4) is 0 Å². The van der Waals surface area contributed by atoms with Crippen molar-refractivity contribution in [3.8, 4) is 0 Å². The topological polar surface area (TPSA) is 81.0 Å². The normalized spacial score (nSPS) is 10.4. The minimum atomic E-state index is -0.470. The average Bonchev–Trinajstić information content (AvgIpc) is 2.41. The van der Waals surface area contributed by atoms with Crippen LogP contribution >= 0.6 is 11.6 Å². The minimum absolute atomic E-state index is 0.0114. The van der Waals surface area contributed by atoms with Gasteiger partial charge in [-0.15, -0.1) is 0 Å². The summed E-state index contributed by atoms with van der Waals surface area (Å²) in [6.45, 7) is 1.06. The van der Waals surface area contributed by atoms with Crippen LogP contribution in [-0.4, -0.2) is 15.1 Å². The number of aromatic nitrogens is 2. The maximum Gasteiger partial charge on any atom is 0.270 e. The second kappa shape index (κ2) is 6.21. The summed E-state index contributed by atoms with van der Waals surface area (Å²) in [6, 6.07) is 8.09. The van der Waals surface area contributed by atoms with Crippen molar-refractivity contribution in [2.75, 3.05) is 0 Å². The van der Waals surface area contributed by atoms with Crippen LogP contribution in [0.25, 0.3) is 0 Å². The lowest BCUT2D eigenvalue weighted by atomic mass is 10.2. The number of rotatable bonds is 5. The predicted molar refractivity (Wildman–Crippen MR) is 70.7 cm³/mol. The molecule has 98 valence electrons. The number of benzene rings is 1. The SMILES string of the molecule is O=[N+]([O-])c1ccc(CNCc2cccnn2)c(Cl)c1. The van der Waals surface area contributed by atoms with Crippen LogP contribution in [0.4, 0.5) is 5.69 Å². The molecule has 6 nitrogen and oxygen atoms in total. The summed E-state index contributed by atoms with van der Waals surface area (Å²) in [5.74, 6) is 0. The maximum absolute atomic E-state index is 10.6. The molecule has 0 aliphatic rings. The Morgan fingerprint density at radius 3 is 2.79 bits per heavy atom. The molecule has 0 spiro atoms. The summed E-state index contributed by atoms with van der Waals surface area (Å²) in [7, 11) is 0. The van der Waals surface area contributed by atoms with Gasteiger partial charge >= 0.3 is 0 Å². The van der Waals surface area contributed by atoms with E-state index in [0.29, 0.717) is 18.1 Å². The first-order valence-electron chi connectivity index (χ1n) is 5.57. The van der Waals surface area contributed by atoms with E-state index in [2.05, 4.69) is 15.5 Å². The van der Waals surface area contributed by atoms with Gasteiger partial charge in [0.25, 0.3) is 5.69 Å². The fraction of sp³-hybridized carbons (Fsp3) is 0.167. The molecule has 2 aromatic rings. The molecule has 0 aliphatic carbocycles. The first-order valence-corrected chi connectivity index (χ1v) is 5.95. The molecule has 19 heavy (non-hydrogen) atoms. The summed E-state index contributed by atoms with van der Waals surface area (Å²) >= 11 is 5.98. The number of nitrogens with one attached hydrogen (secondary N) is 1. The van der Waals surface area contributed by atoms with Gasteiger partial charge in [0, 0.05) is 31.4 Å². The molecular weight excluding hydrogens is 268 g/mol. The van der Waals surface area contributed by atoms with E-state index in [0.717, 1.165) is 11.3 Å². The molecule has 0 radical (unpaired) electrons. The molecule has 7 heteroatoms. The van der Waals surface area contributed by atoms with E-state index >= 15 is 0 Å². The Kier molecular flexibility index (Phi) is 4.38. The van der Waals surface area contributed by atoms with Gasteiger partial charge in [0.05, 0.1) is 15.6 Å². The lowest BCUT2D eigenvalue weighted by molar-refractivity contribution is -0.384. The molecule has 0 atom stereocenters. The van der Waals surface area contributed by atoms with E-state index in [4.69, 9.17) is 11.6 Å². The lowest BCUT2D eigenvalue weighted by Crippen LogP contribution is -2.14. The van der Waals surface area contributed by atoms with Crippen molar-refractivity contribution in [1.82, 2.24) is 15.5 Å². The van der Waals surface area contributed by atoms with Gasteiger partial charge in [0.1, 0.15) is 0 Å². The van der Waals surface area contributed by atoms with E-state index in [1.54, 1.807) is 12.3 Å². The standard InChI is InChI=1S/C12H11ClN4O2/c13-12-6-11(17(18)19)4-3-9(12)7-14-8-10-2-1-5-15-16-10/h1-6,14H,7-8H2. The highest BCUT2D eigenvalue weighted by molar-refractivity contribution is 6.31. The average molecular weight is 279 g/mol. The van der Waals surface area contributed by atoms with Gasteiger partial charge in [-0.2, -0.15) is 10.2 Å². The van der Waals surface area contributed by atoms with E-state index in [1.165, 1.54) is 12.1 Å². The quantitative estimate of drug-likeness (QED) is 0.670. The van der Waals surface area contributed by atoms with Crippen LogP contribution in [0, 0.1) is 10.1 Å². The van der Waals surface area contributed by atoms with Gasteiger partial charge < -0.3 is 5.32 Å². The van der Waals surface area contributed by atoms with E-state index < -0.39 is 4.92 Å². The Labute approximate surface area is 114 Å². The Bertz CT molecular complexity index is 577. The first-order chi connectivity index (χ1) is 9.16. The third-order valence-electron chi connectivity index (χ3n) is 2.50. The molecule has 2 rings (SSSR count). The van der Waals surface area contributed by atoms with Gasteiger partial charge in [0.15, 0.2) is 0 Å². The molecular formula is C12H11ClN4O2. The molecule has 0 amide bonds. The highest BCUT2D eigenvalue weighted by Gasteiger charge is 2.09. The summed E-state index contributed by atoms with van der Waals surface area (Å²) in [4.78, 5) is 10.1. The third-order valence-corrected chi connectivity index (χ3v) is 2.85. The predicted octanol–water partition coefficient (Wildman–Crippen LogP) is 2.33. The van der Waals surface area contributed by atoms with Crippen LogP contribution in [0.15, 0.2) is 36.5 Å². The highest BCUT2D eigenvalue weighted by atomic mass is 35.5. The van der Waals surface area contributed by atoms with Crippen LogP contribution < -0.4 is 5.32 Å². The van der Waals surface area contributed by atoms with E-state index in [1.807, 2.05) is 12.1 Å². The molecule has 1 heterocycles. The van der Waals surface area contributed by atoms with Crippen molar-refractivity contribution in [2.45, 2.75) is 13.1 Å². The zero-order valence-electron chi connectivity index (χ0n) is 9.91. The van der Waals surface area contributed by atoms with Gasteiger partial charge in [-0.3, -0.25) is 10.1 Å². The van der Waals surface area contributed by atoms with Crippen molar-refractivity contribution in [3.05, 3.63) is 62.9 Å². The molecule has 0 aliphatic heterocycles. The third kappa shape index (κ3) is 3.70. The number of nitrogens with zero attached hydrogens (tertiary/aromatic N) is 3. The molecule has 0 saturated carbocycles. The Morgan fingerprint density at radius 1 is 1.32 bits per heavy atom. The maximum atomic E-state index is 10.6. The molecule has 1 aromatic heterocycles. The lowest BCUT2D eigenvalue weighted by Gasteiger charge is -2.06. The van der Waals surface area contributed by atoms with Crippen molar-refractivity contribution in [3.63, 3.8) is 0 Å². The fourth-order valence-corrected chi connectivity index (χ4v) is 1.79. The smallest absolute Gasteiger partial charge is 0.270 e. The Balaban J connectivity index is 1.95. The highest BCUT2D eigenvalue weighted by Crippen LogP contribution is 2.22. The van der Waals surface area contributed by atoms with Crippen molar-refractivity contribution in [1.29, 1.82) is 0 Å². The molecule has 0 fully saturated rings. The van der Waals surface area contributed by atoms with Gasteiger partial charge in [-0.1, -0.05) is 11.6 Å². The van der Waals surface area contributed by atoms with Crippen LogP contribution in [-0.2, 0) is 13.1 Å². The van der Waals surface area contributed by atoms with E-state index in [-0.39, 0.29) is 5.69 Å².